The minimum atomic E-state index is -2.36. The van der Waals surface area contributed by atoms with Gasteiger partial charge in [-0.2, -0.15) is 0 Å². The number of hydrogen-bond acceptors (Lipinski definition) is 2. The van der Waals surface area contributed by atoms with Crippen LogP contribution in [-0.2, 0) is 4.57 Å². The summed E-state index contributed by atoms with van der Waals surface area (Å²) in [6.45, 7) is 2.30. The Kier molecular flexibility index (Phi) is 11.3. The van der Waals surface area contributed by atoms with Gasteiger partial charge in [-0.15, -0.1) is 0 Å². The van der Waals surface area contributed by atoms with Crippen LogP contribution in [0.2, 0.25) is 0 Å². The maximum absolute atomic E-state index is 10.1. The molecule has 0 fully saturated rings. The Bertz CT molecular complexity index is 151. The van der Waals surface area contributed by atoms with Crippen LogP contribution in [0.1, 0.15) is 13.3 Å². The van der Waals surface area contributed by atoms with Crippen LogP contribution < -0.4 is 0 Å². The second-order valence-corrected chi connectivity index (χ2v) is 3.16. The van der Waals surface area contributed by atoms with Gasteiger partial charge in [0.2, 0.25) is 0 Å². The van der Waals surface area contributed by atoms with Gasteiger partial charge in [0.05, 0.1) is 0 Å². The van der Waals surface area contributed by atoms with Crippen LogP contribution in [0.25, 0.3) is 0 Å². The Balaban J connectivity index is 0. The van der Waals surface area contributed by atoms with Gasteiger partial charge in [0.1, 0.15) is 0 Å². The third kappa shape index (κ3) is 10.7. The zero-order chi connectivity index (χ0) is 7.98. The molecule has 0 aliphatic heterocycles. The topological polar surface area (TPSA) is 60.5 Å². The van der Waals surface area contributed by atoms with Gasteiger partial charge >= 0.3 is 29.6 Å². The molecule has 0 bridgehead atoms. The van der Waals surface area contributed by atoms with Crippen molar-refractivity contribution >= 4 is 43.8 Å². The van der Waals surface area contributed by atoms with E-state index in [9.17, 15) is 4.57 Å². The molecular weight excluding hydrogens is 176 g/mol. The summed E-state index contributed by atoms with van der Waals surface area (Å²) >= 11 is 0. The van der Waals surface area contributed by atoms with E-state index in [1.807, 2.05) is 0 Å². The molecule has 2 N–H and O–H groups in total. The average molecular weight is 190 g/mol. The van der Waals surface area contributed by atoms with Crippen LogP contribution in [0.5, 0.6) is 0 Å². The molecule has 0 aromatic rings. The van der Waals surface area contributed by atoms with E-state index < -0.39 is 8.03 Å². The Morgan fingerprint density at radius 3 is 2.55 bits per heavy atom. The van der Waals surface area contributed by atoms with Crippen molar-refractivity contribution in [2.24, 2.45) is 0 Å². The second-order valence-electron chi connectivity index (χ2n) is 1.87. The van der Waals surface area contributed by atoms with Crippen molar-refractivity contribution in [3.05, 3.63) is 0 Å². The van der Waals surface area contributed by atoms with E-state index in [-0.39, 0.29) is 35.7 Å². The van der Waals surface area contributed by atoms with E-state index in [4.69, 9.17) is 10.1 Å². The number of nitrogens with zero attached hydrogens (tertiary/aromatic N) is 1. The van der Waals surface area contributed by atoms with Crippen LogP contribution in [-0.4, -0.2) is 63.3 Å². The standard InChI is InChI=1S/C5H12NO3P.Na.H/c1-2-6(7)4-3-5-10(8)9;;/h4,10H,2-3,5H2,1H3,(H-,7,8,9);;/p+1. The molecule has 1 atom stereocenters. The molecule has 4 nitrogen and oxygen atoms in total. The molecular formula is C5H14NNaO3P+. The summed E-state index contributed by atoms with van der Waals surface area (Å²) in [5, 5.41) is 8.78. The zero-order valence-corrected chi connectivity index (χ0v) is 6.95. The van der Waals surface area contributed by atoms with Gasteiger partial charge < -0.3 is 4.89 Å². The predicted octanol–water partition coefficient (Wildman–Crippen LogP) is -0.313. The summed E-state index contributed by atoms with van der Waals surface area (Å²) in [4.78, 5) is 8.36. The minimum absolute atomic E-state index is 0. The van der Waals surface area contributed by atoms with E-state index in [1.165, 1.54) is 6.21 Å². The summed E-state index contributed by atoms with van der Waals surface area (Å²) in [5.74, 6) is 0. The fourth-order valence-corrected chi connectivity index (χ4v) is 0.842. The summed E-state index contributed by atoms with van der Waals surface area (Å²) in [6, 6.07) is 0. The fraction of sp³-hybridized carbons (Fsp3) is 0.800. The molecule has 6 heteroatoms. The molecule has 0 amide bonds. The summed E-state index contributed by atoms with van der Waals surface area (Å²) in [6.07, 6.45) is 2.21. The van der Waals surface area contributed by atoms with E-state index in [0.29, 0.717) is 13.0 Å². The van der Waals surface area contributed by atoms with E-state index in [0.717, 1.165) is 4.74 Å². The van der Waals surface area contributed by atoms with Gasteiger partial charge in [-0.1, -0.05) is 0 Å². The van der Waals surface area contributed by atoms with Crippen LogP contribution >= 0.6 is 8.03 Å². The van der Waals surface area contributed by atoms with Gasteiger partial charge in [0.15, 0.2) is 20.8 Å². The first-order chi connectivity index (χ1) is 4.66. The van der Waals surface area contributed by atoms with Crippen molar-refractivity contribution in [2.75, 3.05) is 12.7 Å². The molecule has 0 aliphatic carbocycles. The van der Waals surface area contributed by atoms with Crippen LogP contribution in [0, 0.1) is 0 Å². The van der Waals surface area contributed by atoms with Crippen LogP contribution in [0.3, 0.4) is 0 Å². The Morgan fingerprint density at radius 1 is 1.64 bits per heavy atom. The average Bonchev–Trinajstić information content (AvgIpc) is 1.87. The third-order valence-electron chi connectivity index (χ3n) is 1.02. The van der Waals surface area contributed by atoms with Crippen molar-refractivity contribution in [1.29, 1.82) is 0 Å². The predicted molar refractivity (Wildman–Crippen MR) is 46.5 cm³/mol. The first-order valence-corrected chi connectivity index (χ1v) is 4.73. The van der Waals surface area contributed by atoms with E-state index >= 15 is 0 Å². The second kappa shape index (κ2) is 8.75. The zero-order valence-electron chi connectivity index (χ0n) is 5.95. The van der Waals surface area contributed by atoms with Gasteiger partial charge in [-0.25, -0.2) is 0 Å². The van der Waals surface area contributed by atoms with Gasteiger partial charge in [-0.3, -0.25) is 9.77 Å². The molecule has 0 aromatic heterocycles. The number of hydrogen-bond donors (Lipinski definition) is 2. The molecule has 0 aromatic carbocycles. The maximum atomic E-state index is 10.1. The summed E-state index contributed by atoms with van der Waals surface area (Å²) < 4.78 is 11.1. The molecule has 62 valence electrons. The SMILES string of the molecule is CC[N+](O)=CCC[PH](=O)O.[NaH]. The molecule has 0 rings (SSSR count). The van der Waals surface area contributed by atoms with Crippen molar-refractivity contribution in [1.82, 2.24) is 0 Å². The van der Waals surface area contributed by atoms with Crippen molar-refractivity contribution in [3.63, 3.8) is 0 Å². The van der Waals surface area contributed by atoms with Crippen molar-refractivity contribution < 1.29 is 19.4 Å². The normalized spacial score (nSPS) is 13.8. The van der Waals surface area contributed by atoms with Gasteiger partial charge in [-0.05, 0) is 11.7 Å². The van der Waals surface area contributed by atoms with E-state index in [2.05, 4.69) is 0 Å². The molecule has 0 spiro atoms. The fourth-order valence-electron chi connectivity index (χ4n) is 0.466. The Morgan fingerprint density at radius 2 is 2.18 bits per heavy atom. The van der Waals surface area contributed by atoms with Crippen LogP contribution in [0.15, 0.2) is 0 Å². The number of rotatable bonds is 4. The van der Waals surface area contributed by atoms with E-state index in [1.54, 1.807) is 6.92 Å². The van der Waals surface area contributed by atoms with Gasteiger partial charge in [0.25, 0.3) is 0 Å². The first kappa shape index (κ1) is 14.2. The molecule has 0 aliphatic rings. The molecule has 1 unspecified atom stereocenters. The third-order valence-corrected chi connectivity index (χ3v) is 1.74. The Hall–Kier alpha value is 0.660. The summed E-state index contributed by atoms with van der Waals surface area (Å²) in [7, 11) is -2.36. The van der Waals surface area contributed by atoms with Crippen LogP contribution in [0.4, 0.5) is 0 Å². The molecule has 0 saturated heterocycles. The molecule has 11 heavy (non-hydrogen) atoms. The summed E-state index contributed by atoms with van der Waals surface area (Å²) in [5.41, 5.74) is 0. The molecule has 0 saturated carbocycles. The molecule has 0 heterocycles. The van der Waals surface area contributed by atoms with Gasteiger partial charge in [0, 0.05) is 12.6 Å². The number of hydroxylamine groups is 1. The van der Waals surface area contributed by atoms with Crippen molar-refractivity contribution in [2.45, 2.75) is 13.3 Å². The molecule has 0 radical (unpaired) electrons. The monoisotopic (exact) mass is 190 g/mol. The first-order valence-electron chi connectivity index (χ1n) is 3.17. The Labute approximate surface area is 89.1 Å². The quantitative estimate of drug-likeness (QED) is 0.159. The van der Waals surface area contributed by atoms with Crippen molar-refractivity contribution in [3.8, 4) is 0 Å².